The normalized spacial score (nSPS) is 13.7. The van der Waals surface area contributed by atoms with Crippen LogP contribution in [0.25, 0.3) is 54.7 Å². The van der Waals surface area contributed by atoms with E-state index in [2.05, 4.69) is 87.7 Å². The Morgan fingerprint density at radius 1 is 0.787 bits per heavy atom. The Hall–Kier alpha value is -6.76. The van der Waals surface area contributed by atoms with Gasteiger partial charge in [0.1, 0.15) is 24.2 Å². The van der Waals surface area contributed by atoms with E-state index in [1.165, 1.54) is 7.11 Å². The minimum atomic E-state index is -0.766. The molecule has 4 amide bonds. The quantitative estimate of drug-likeness (QED) is 0.0811. The van der Waals surface area contributed by atoms with Crippen molar-refractivity contribution in [2.75, 3.05) is 20.2 Å². The number of nitrogens with one attached hydrogen (secondary N) is 4. The number of amides is 4. The van der Waals surface area contributed by atoms with Crippen LogP contribution < -0.4 is 10.6 Å². The first kappa shape index (κ1) is 41.0. The molecule has 0 spiro atoms. The summed E-state index contributed by atoms with van der Waals surface area (Å²) in [6.45, 7) is 9.05. The fourth-order valence-electron chi connectivity index (χ4n) is 7.96. The molecule has 2 atom stereocenters. The van der Waals surface area contributed by atoms with Gasteiger partial charge in [-0.1, -0.05) is 87.5 Å². The van der Waals surface area contributed by atoms with Crippen LogP contribution in [0.3, 0.4) is 0 Å². The smallest absolute Gasteiger partial charge is 0.407 e. The van der Waals surface area contributed by atoms with Gasteiger partial charge in [-0.3, -0.25) is 14.4 Å². The van der Waals surface area contributed by atoms with Gasteiger partial charge in [-0.25, -0.2) is 14.8 Å². The molecule has 61 heavy (non-hydrogen) atoms. The Labute approximate surface area is 354 Å². The predicted molar refractivity (Wildman–Crippen MR) is 237 cm³/mol. The van der Waals surface area contributed by atoms with Crippen LogP contribution in [0.1, 0.15) is 70.2 Å². The molecular formula is C48H52N8O5. The molecule has 0 unspecified atom stereocenters. The fraction of sp³-hybridized carbons (Fsp3) is 0.333. The molecule has 314 valence electrons. The fourth-order valence-corrected chi connectivity index (χ4v) is 7.96. The Bertz CT molecular complexity index is 2760. The van der Waals surface area contributed by atoms with Crippen molar-refractivity contribution in [3.8, 4) is 11.1 Å². The molecule has 2 aromatic heterocycles. The van der Waals surface area contributed by atoms with Crippen LogP contribution in [0.5, 0.6) is 0 Å². The van der Waals surface area contributed by atoms with Crippen molar-refractivity contribution in [2.45, 2.75) is 72.1 Å². The topological polar surface area (TPSA) is 165 Å². The second kappa shape index (κ2) is 17.5. The summed E-state index contributed by atoms with van der Waals surface area (Å²) < 4.78 is 4.65. The highest BCUT2D eigenvalue weighted by atomic mass is 16.5. The number of hydrogen-bond acceptors (Lipinski definition) is 7. The number of rotatable bonds is 15. The zero-order valence-electron chi connectivity index (χ0n) is 35.2. The summed E-state index contributed by atoms with van der Waals surface area (Å²) >= 11 is 0. The summed E-state index contributed by atoms with van der Waals surface area (Å²) in [5.74, 6) is 1.07. The number of H-pyrrole nitrogens is 2. The van der Waals surface area contributed by atoms with E-state index in [1.54, 1.807) is 9.80 Å². The first-order valence-corrected chi connectivity index (χ1v) is 21.1. The second-order valence-corrected chi connectivity index (χ2v) is 16.4. The van der Waals surface area contributed by atoms with Crippen molar-refractivity contribution < 1.29 is 23.9 Å². The SMILES string of the molecule is CCCN(Cc1nc2c(ccc3cc(-c4ccc5c(ccc6[nH]c(CN(C(=O)CNC(=O)OC)[C@H](C)C(C)C)nc65)c4)ccc32)[nH]1)C(=O)[C@H](NC(=O)C1CC1)c1ccccc1. The van der Waals surface area contributed by atoms with Crippen molar-refractivity contribution in [1.82, 2.24) is 40.4 Å². The van der Waals surface area contributed by atoms with Crippen LogP contribution in [0.4, 0.5) is 4.79 Å². The average molecular weight is 821 g/mol. The summed E-state index contributed by atoms with van der Waals surface area (Å²) in [5.41, 5.74) is 6.30. The molecule has 0 radical (unpaired) electrons. The number of imidazole rings is 2. The standard InChI is InChI=1S/C48H52N8O5/c1-6-22-55(47(59)43(30-10-8-7-9-11-30)54-46(58)31-12-13-31)26-40-50-38-20-16-34-23-32(14-18-36(34)44(38)52-40)33-15-19-37-35(24-33)17-21-39-45(37)53-41(51-39)27-56(29(4)28(2)3)42(57)25-49-48(60)61-5/h7-11,14-21,23-24,28-29,31,43H,6,12-13,22,25-27H2,1-5H3,(H,49,60)(H,50,52)(H,51,53)(H,54,58)/t29-,43-/m1/s1. The van der Waals surface area contributed by atoms with Crippen molar-refractivity contribution in [3.05, 3.63) is 108 Å². The van der Waals surface area contributed by atoms with Gasteiger partial charge in [0.25, 0.3) is 0 Å². The van der Waals surface area contributed by atoms with Gasteiger partial charge in [0, 0.05) is 29.3 Å². The third-order valence-electron chi connectivity index (χ3n) is 11.8. The Kier molecular flexibility index (Phi) is 11.7. The highest BCUT2D eigenvalue weighted by molar-refractivity contribution is 6.07. The molecular weight excluding hydrogens is 769 g/mol. The number of methoxy groups -OCH3 is 1. The summed E-state index contributed by atoms with van der Waals surface area (Å²) in [6.07, 6.45) is 1.83. The first-order chi connectivity index (χ1) is 29.5. The number of aromatic amines is 2. The summed E-state index contributed by atoms with van der Waals surface area (Å²) in [4.78, 5) is 72.3. The number of hydrogen-bond donors (Lipinski definition) is 4. The lowest BCUT2D eigenvalue weighted by molar-refractivity contribution is -0.137. The van der Waals surface area contributed by atoms with Crippen molar-refractivity contribution >= 4 is 67.4 Å². The van der Waals surface area contributed by atoms with Gasteiger partial charge >= 0.3 is 6.09 Å². The predicted octanol–water partition coefficient (Wildman–Crippen LogP) is 8.15. The molecule has 0 aliphatic heterocycles. The molecule has 1 aliphatic carbocycles. The molecule has 7 aromatic rings. The number of alkyl carbamates (subject to hydrolysis) is 1. The summed E-state index contributed by atoms with van der Waals surface area (Å²) in [7, 11) is 1.27. The molecule has 2 heterocycles. The lowest BCUT2D eigenvalue weighted by atomic mass is 9.98. The number of aromatic nitrogens is 4. The number of fused-ring (bicyclic) bond motifs is 6. The largest absolute Gasteiger partial charge is 0.453 e. The highest BCUT2D eigenvalue weighted by Gasteiger charge is 2.35. The molecule has 1 fully saturated rings. The summed E-state index contributed by atoms with van der Waals surface area (Å²) in [5, 5.41) is 9.62. The van der Waals surface area contributed by atoms with Crippen LogP contribution in [0.15, 0.2) is 91.0 Å². The van der Waals surface area contributed by atoms with Gasteiger partial charge in [0.15, 0.2) is 0 Å². The lowest BCUT2D eigenvalue weighted by Crippen LogP contribution is -2.46. The molecule has 8 rings (SSSR count). The van der Waals surface area contributed by atoms with E-state index in [9.17, 15) is 19.2 Å². The maximum Gasteiger partial charge on any atom is 0.407 e. The highest BCUT2D eigenvalue weighted by Crippen LogP contribution is 2.34. The molecule has 0 saturated heterocycles. The van der Waals surface area contributed by atoms with Crippen molar-refractivity contribution in [1.29, 1.82) is 0 Å². The van der Waals surface area contributed by atoms with Gasteiger partial charge in [-0.15, -0.1) is 0 Å². The van der Waals surface area contributed by atoms with Crippen LogP contribution in [0.2, 0.25) is 0 Å². The van der Waals surface area contributed by atoms with E-state index < -0.39 is 12.1 Å². The number of nitrogens with zero attached hydrogens (tertiary/aromatic N) is 4. The molecule has 5 aromatic carbocycles. The average Bonchev–Trinajstić information content (AvgIpc) is 3.92. The van der Waals surface area contributed by atoms with Gasteiger partial charge < -0.3 is 35.1 Å². The Morgan fingerprint density at radius 2 is 1.38 bits per heavy atom. The van der Waals surface area contributed by atoms with E-state index >= 15 is 0 Å². The van der Waals surface area contributed by atoms with Gasteiger partial charge in [-0.2, -0.15) is 0 Å². The van der Waals surface area contributed by atoms with Crippen molar-refractivity contribution in [2.24, 2.45) is 11.8 Å². The molecule has 13 nitrogen and oxygen atoms in total. The van der Waals surface area contributed by atoms with Crippen LogP contribution in [-0.2, 0) is 32.2 Å². The van der Waals surface area contributed by atoms with Crippen molar-refractivity contribution in [3.63, 3.8) is 0 Å². The Morgan fingerprint density at radius 3 is 1.92 bits per heavy atom. The van der Waals surface area contributed by atoms with Gasteiger partial charge in [-0.05, 0) is 83.8 Å². The molecule has 13 heteroatoms. The zero-order valence-corrected chi connectivity index (χ0v) is 35.2. The maximum atomic E-state index is 14.2. The molecule has 4 N–H and O–H groups in total. The Balaban J connectivity index is 1.03. The minimum Gasteiger partial charge on any atom is -0.453 e. The minimum absolute atomic E-state index is 0.0157. The van der Waals surface area contributed by atoms with E-state index in [-0.39, 0.29) is 55.2 Å². The van der Waals surface area contributed by atoms with Crippen LogP contribution >= 0.6 is 0 Å². The molecule has 1 aliphatic rings. The van der Waals surface area contributed by atoms with E-state index in [4.69, 9.17) is 9.97 Å². The van der Waals surface area contributed by atoms with Gasteiger partial charge in [0.05, 0.1) is 42.3 Å². The van der Waals surface area contributed by atoms with E-state index in [0.29, 0.717) is 18.2 Å². The number of carbonyl (C=O) groups excluding carboxylic acids is 4. The number of benzene rings is 5. The second-order valence-electron chi connectivity index (χ2n) is 16.4. The molecule has 0 bridgehead atoms. The zero-order chi connectivity index (χ0) is 42.8. The maximum absolute atomic E-state index is 14.2. The third kappa shape index (κ3) is 8.77. The monoisotopic (exact) mass is 820 g/mol. The summed E-state index contributed by atoms with van der Waals surface area (Å²) in [6, 6.07) is 29.6. The third-order valence-corrected chi connectivity index (χ3v) is 11.8. The lowest BCUT2D eigenvalue weighted by Gasteiger charge is -2.31. The van der Waals surface area contributed by atoms with E-state index in [1.807, 2.05) is 56.3 Å². The van der Waals surface area contributed by atoms with E-state index in [0.717, 1.165) is 79.6 Å². The first-order valence-electron chi connectivity index (χ1n) is 21.1. The number of carbonyl (C=O) groups is 4. The van der Waals surface area contributed by atoms with Crippen LogP contribution in [-0.4, -0.2) is 79.8 Å². The van der Waals surface area contributed by atoms with Crippen LogP contribution in [0, 0.1) is 11.8 Å². The van der Waals surface area contributed by atoms with Gasteiger partial charge in [0.2, 0.25) is 17.7 Å². The molecule has 1 saturated carbocycles. The number of ether oxygens (including phenoxy) is 1.